The number of rotatable bonds is 5. The number of nitrogens with zero attached hydrogens (tertiary/aromatic N) is 9. The summed E-state index contributed by atoms with van der Waals surface area (Å²) in [7, 11) is 1.74. The topological polar surface area (TPSA) is 128 Å². The van der Waals surface area contributed by atoms with Crippen molar-refractivity contribution in [3.05, 3.63) is 97.4 Å². The molecule has 11 nitrogen and oxygen atoms in total. The van der Waals surface area contributed by atoms with Gasteiger partial charge in [0.2, 0.25) is 0 Å². The Morgan fingerprint density at radius 1 is 0.892 bits per heavy atom. The van der Waals surface area contributed by atoms with Crippen LogP contribution in [0.1, 0.15) is 32.6 Å². The van der Waals surface area contributed by atoms with Gasteiger partial charge in [-0.3, -0.25) is 4.79 Å². The smallest absolute Gasteiger partial charge is 0.577 e. The second-order valence-corrected chi connectivity index (χ2v) is 8.58. The largest absolute Gasteiger partial charge is 2.00 e. The number of Topliss-reactive ketones (excluding diaryl/α,β-unsaturated/α-hetero) is 1. The minimum Gasteiger partial charge on any atom is -0.577 e. The van der Waals surface area contributed by atoms with E-state index in [0.717, 1.165) is 18.8 Å². The SMILES string of the molecule is CCC(=O)[C@H]1C[C@H]2[CH][CH][C@@H]1CC2.Cn1ccnc1.[Mo+2].[N-]=O.c1cnn([B-](n2cccn2)n2cccn2)c1. The van der Waals surface area contributed by atoms with Crippen LogP contribution in [-0.4, -0.2) is 51.5 Å². The molecule has 3 aliphatic carbocycles. The van der Waals surface area contributed by atoms with Crippen LogP contribution in [0.2, 0.25) is 0 Å². The molecule has 3 saturated carbocycles. The van der Waals surface area contributed by atoms with Crippen LogP contribution in [0.4, 0.5) is 0 Å². The van der Waals surface area contributed by atoms with Crippen molar-refractivity contribution in [2.75, 3.05) is 0 Å². The summed E-state index contributed by atoms with van der Waals surface area (Å²) in [5, 5.41) is 12.7. The molecule has 0 saturated heterocycles. The maximum Gasteiger partial charge on any atom is 2.00 e. The number of imidazole rings is 1. The summed E-state index contributed by atoms with van der Waals surface area (Å²) < 4.78 is 7.26. The first-order valence-corrected chi connectivity index (χ1v) is 11.9. The van der Waals surface area contributed by atoms with Crippen molar-refractivity contribution in [2.45, 2.75) is 32.6 Å². The number of ketones is 1. The fraction of sp³-hybridized carbons (Fsp3) is 0.375. The summed E-state index contributed by atoms with van der Waals surface area (Å²) in [6.07, 6.45) is 25.3. The van der Waals surface area contributed by atoms with E-state index in [9.17, 15) is 4.79 Å². The van der Waals surface area contributed by atoms with Crippen molar-refractivity contribution in [3.8, 4) is 0 Å². The predicted octanol–water partition coefficient (Wildman–Crippen LogP) is 3.37. The fourth-order valence-electron chi connectivity index (χ4n) is 4.51. The minimum atomic E-state index is -0.194. The van der Waals surface area contributed by atoms with Crippen LogP contribution in [-0.2, 0) is 32.9 Å². The van der Waals surface area contributed by atoms with Crippen LogP contribution in [0, 0.1) is 35.5 Å². The Labute approximate surface area is 231 Å². The Kier molecular flexibility index (Phi) is 12.9. The molecule has 37 heavy (non-hydrogen) atoms. The summed E-state index contributed by atoms with van der Waals surface area (Å²) in [6, 6.07) is 5.62. The molecule has 3 aliphatic rings. The van der Waals surface area contributed by atoms with Crippen LogP contribution in [0.25, 0.3) is 5.59 Å². The maximum absolute atomic E-state index is 11.5. The molecule has 0 amide bonds. The Bertz CT molecular complexity index is 1020. The molecule has 4 aromatic rings. The van der Waals surface area contributed by atoms with Crippen molar-refractivity contribution < 1.29 is 25.9 Å². The van der Waals surface area contributed by atoms with Crippen LogP contribution in [0.5, 0.6) is 0 Å². The molecule has 0 aliphatic heterocycles. The molecule has 13 heteroatoms. The molecular weight excluding hydrogens is 553 g/mol. The molecule has 4 heterocycles. The molecular formula is C24H31BMoN9O2. The van der Waals surface area contributed by atoms with Crippen molar-refractivity contribution in [3.63, 3.8) is 0 Å². The molecule has 3 atom stereocenters. The average molecular weight is 584 g/mol. The third-order valence-electron chi connectivity index (χ3n) is 6.26. The number of fused-ring (bicyclic) bond motifs is 3. The van der Waals surface area contributed by atoms with Gasteiger partial charge in [0.15, 0.2) is 0 Å². The van der Waals surface area contributed by atoms with Crippen LogP contribution >= 0.6 is 0 Å². The van der Waals surface area contributed by atoms with E-state index in [4.69, 9.17) is 10.5 Å². The van der Waals surface area contributed by atoms with Crippen LogP contribution < -0.4 is 0 Å². The van der Waals surface area contributed by atoms with E-state index in [1.165, 1.54) is 12.8 Å². The van der Waals surface area contributed by atoms with E-state index in [0.29, 0.717) is 17.6 Å². The number of aryl methyl sites for hydroxylation is 1. The molecule has 193 valence electrons. The number of aromatic nitrogens is 8. The standard InChI is InChI=1S/C11H16O.C9H9BN6.C4H6N2.Mo.NO/c1-2-11(12)10-7-8-3-5-9(10)6-4-8;1-4-11-14(7-1)10(15-8-2-5-12-15)16-9-3-6-13-16;1-6-3-2-5-4-6;;1-2/h3,5,8-10H,2,4,6-7H2,1H3;1-9H;2-4H,1H3;;/q;-1;;+2;-1/t8-,9+,10-;;;;/m0..../s1. The average Bonchev–Trinajstić information content (AvgIpc) is 3.76. The van der Waals surface area contributed by atoms with E-state index in [1.54, 1.807) is 44.9 Å². The molecule has 4 aromatic heterocycles. The summed E-state index contributed by atoms with van der Waals surface area (Å²) in [6.45, 7) is 1.98. The van der Waals surface area contributed by atoms with E-state index in [2.05, 4.69) is 33.1 Å². The summed E-state index contributed by atoms with van der Waals surface area (Å²) >= 11 is 0. The number of carbonyl (C=O) groups excluding carboxylic acids is 1. The molecule has 3 radical (unpaired) electrons. The molecule has 7 rings (SSSR count). The second kappa shape index (κ2) is 15.9. The van der Waals surface area contributed by atoms with E-state index < -0.39 is 0 Å². The first-order chi connectivity index (χ1) is 17.7. The van der Waals surface area contributed by atoms with E-state index in [1.807, 2.05) is 61.5 Å². The Morgan fingerprint density at radius 2 is 1.46 bits per heavy atom. The summed E-state index contributed by atoms with van der Waals surface area (Å²) in [5.74, 6) is 2.16. The van der Waals surface area contributed by atoms with Gasteiger partial charge in [-0.1, -0.05) is 6.92 Å². The Morgan fingerprint density at radius 3 is 1.73 bits per heavy atom. The van der Waals surface area contributed by atoms with Gasteiger partial charge in [0, 0.05) is 50.4 Å². The van der Waals surface area contributed by atoms with Gasteiger partial charge in [-0.05, 0) is 80.7 Å². The summed E-state index contributed by atoms with van der Waals surface area (Å²) in [5.41, 5.74) is 5.75. The molecule has 0 aromatic carbocycles. The number of nitroso groups, excluding NO2 is 1. The minimum absolute atomic E-state index is 0. The van der Waals surface area contributed by atoms with Gasteiger partial charge >= 0.3 is 21.1 Å². The maximum atomic E-state index is 11.5. The van der Waals surface area contributed by atoms with Crippen molar-refractivity contribution in [1.29, 1.82) is 0 Å². The monoisotopic (exact) mass is 586 g/mol. The normalized spacial score (nSPS) is 19.3. The predicted molar refractivity (Wildman–Crippen MR) is 137 cm³/mol. The van der Waals surface area contributed by atoms with Gasteiger partial charge in [-0.2, -0.15) is 0 Å². The fourth-order valence-corrected chi connectivity index (χ4v) is 4.51. The Hall–Kier alpha value is -3.14. The van der Waals surface area contributed by atoms with Crippen molar-refractivity contribution in [1.82, 2.24) is 38.6 Å². The van der Waals surface area contributed by atoms with Crippen molar-refractivity contribution in [2.24, 2.45) is 24.8 Å². The molecule has 3 fully saturated rings. The molecule has 0 unspecified atom stereocenters. The first kappa shape index (κ1) is 30.1. The first-order valence-electron chi connectivity index (χ1n) is 11.9. The third-order valence-corrected chi connectivity index (χ3v) is 6.26. The van der Waals surface area contributed by atoms with Gasteiger partial charge in [0.25, 0.3) is 7.12 Å². The van der Waals surface area contributed by atoms with Gasteiger partial charge < -0.3 is 28.8 Å². The van der Waals surface area contributed by atoms with E-state index >= 15 is 0 Å². The molecule has 2 bridgehead atoms. The Balaban J connectivity index is 0.000000203. The van der Waals surface area contributed by atoms with Crippen molar-refractivity contribution >= 4 is 12.9 Å². The van der Waals surface area contributed by atoms with E-state index in [-0.39, 0.29) is 28.2 Å². The van der Waals surface area contributed by atoms with Gasteiger partial charge in [-0.15, -0.1) is 0 Å². The third kappa shape index (κ3) is 8.45. The zero-order chi connectivity index (χ0) is 25.8. The van der Waals surface area contributed by atoms with Crippen LogP contribution in [0.15, 0.2) is 74.1 Å². The zero-order valence-electron chi connectivity index (χ0n) is 21.0. The number of hydrogen-bond donors (Lipinski definition) is 0. The van der Waals surface area contributed by atoms with Crippen LogP contribution in [0.3, 0.4) is 0 Å². The summed E-state index contributed by atoms with van der Waals surface area (Å²) in [4.78, 5) is 22.6. The van der Waals surface area contributed by atoms with Gasteiger partial charge in [0.05, 0.1) is 6.33 Å². The second-order valence-electron chi connectivity index (χ2n) is 8.58. The molecule has 0 spiro atoms. The number of hydrogen-bond acceptors (Lipinski definition) is 6. The quantitative estimate of drug-likeness (QED) is 0.331. The van der Waals surface area contributed by atoms with Gasteiger partial charge in [0.1, 0.15) is 5.78 Å². The number of carbonyl (C=O) groups is 1. The molecule has 0 N–H and O–H groups in total. The van der Waals surface area contributed by atoms with Gasteiger partial charge in [-0.25, -0.2) is 20.3 Å². The zero-order valence-corrected chi connectivity index (χ0v) is 23.0.